The monoisotopic (exact) mass is 713 g/mol. The summed E-state index contributed by atoms with van der Waals surface area (Å²) < 4.78 is 32.8. The molecule has 2 atom stereocenters. The predicted octanol–water partition coefficient (Wildman–Crippen LogP) is 3.82. The smallest absolute Gasteiger partial charge is 0.254 e. The molecule has 274 valence electrons. The van der Waals surface area contributed by atoms with Gasteiger partial charge in [-0.25, -0.2) is 9.37 Å². The minimum Gasteiger partial charge on any atom is -0.480 e. The van der Waals surface area contributed by atoms with Crippen molar-refractivity contribution < 1.29 is 33.0 Å². The lowest BCUT2D eigenvalue weighted by Gasteiger charge is -2.35. The normalized spacial score (nSPS) is 20.1. The minimum absolute atomic E-state index is 0.00460. The zero-order valence-corrected chi connectivity index (χ0v) is 29.9. The number of ether oxygens (including phenoxy) is 3. The van der Waals surface area contributed by atoms with Crippen LogP contribution in [-0.4, -0.2) is 116 Å². The van der Waals surface area contributed by atoms with E-state index in [1.54, 1.807) is 36.3 Å². The lowest BCUT2D eigenvalue weighted by atomic mass is 10.0. The topological polar surface area (TPSA) is 141 Å². The van der Waals surface area contributed by atoms with Crippen molar-refractivity contribution in [1.29, 1.82) is 5.26 Å². The van der Waals surface area contributed by atoms with Crippen LogP contribution in [0.5, 0.6) is 17.4 Å². The number of anilines is 1. The van der Waals surface area contributed by atoms with E-state index in [9.17, 15) is 19.6 Å². The molecule has 4 heterocycles. The van der Waals surface area contributed by atoms with Crippen LogP contribution in [0.3, 0.4) is 0 Å². The molecule has 3 amide bonds. The van der Waals surface area contributed by atoms with Crippen LogP contribution in [0.4, 0.5) is 10.1 Å². The van der Waals surface area contributed by atoms with E-state index in [0.717, 1.165) is 25.9 Å². The van der Waals surface area contributed by atoms with Crippen LogP contribution in [0.2, 0.25) is 0 Å². The molecule has 3 aromatic rings. The van der Waals surface area contributed by atoms with Gasteiger partial charge in [-0.2, -0.15) is 5.26 Å². The van der Waals surface area contributed by atoms with Crippen molar-refractivity contribution in [2.45, 2.75) is 51.0 Å². The molecular weight excluding hydrogens is 669 g/mol. The molecular formula is C38H44FN7O6. The third kappa shape index (κ3) is 8.11. The van der Waals surface area contributed by atoms with Crippen LogP contribution in [0.1, 0.15) is 58.0 Å². The highest BCUT2D eigenvalue weighted by molar-refractivity contribution is 6.01. The second-order valence-electron chi connectivity index (χ2n) is 13.6. The number of rotatable bonds is 6. The number of carbonyl (C=O) groups is 3. The Hall–Kier alpha value is -5.26. The summed E-state index contributed by atoms with van der Waals surface area (Å²) in [5.41, 5.74) is 1.72. The number of nitrogens with one attached hydrogen (secondary N) is 1. The number of nitriles is 1. The Morgan fingerprint density at radius 3 is 2.63 bits per heavy atom. The molecule has 2 aromatic carbocycles. The molecule has 14 heteroatoms. The fourth-order valence-corrected chi connectivity index (χ4v) is 7.12. The van der Waals surface area contributed by atoms with Crippen molar-refractivity contribution in [3.63, 3.8) is 0 Å². The summed E-state index contributed by atoms with van der Waals surface area (Å²) in [6, 6.07) is 12.2. The fraction of sp³-hybridized carbons (Fsp3) is 0.447. The Morgan fingerprint density at radius 1 is 1.13 bits per heavy atom. The molecule has 0 saturated carbocycles. The molecule has 3 aliphatic heterocycles. The van der Waals surface area contributed by atoms with Gasteiger partial charge in [-0.1, -0.05) is 6.92 Å². The van der Waals surface area contributed by atoms with Gasteiger partial charge in [-0.15, -0.1) is 0 Å². The molecule has 2 fully saturated rings. The largest absolute Gasteiger partial charge is 0.480 e. The Morgan fingerprint density at radius 2 is 1.90 bits per heavy atom. The Balaban J connectivity index is 1.34. The molecule has 0 unspecified atom stereocenters. The Kier molecular flexibility index (Phi) is 11.2. The average Bonchev–Trinajstić information content (AvgIpc) is 3.53. The van der Waals surface area contributed by atoms with E-state index in [1.807, 2.05) is 11.8 Å². The van der Waals surface area contributed by atoms with Gasteiger partial charge in [-0.05, 0) is 81.4 Å². The molecule has 0 aliphatic carbocycles. The number of benzene rings is 2. The number of likely N-dealkylation sites (tertiary alicyclic amines) is 1. The van der Waals surface area contributed by atoms with Gasteiger partial charge < -0.3 is 39.1 Å². The van der Waals surface area contributed by atoms with E-state index < -0.39 is 29.8 Å². The number of carbonyl (C=O) groups excluding carboxylic acids is 3. The lowest BCUT2D eigenvalue weighted by Crippen LogP contribution is -2.49. The zero-order valence-electron chi connectivity index (χ0n) is 29.9. The number of aromatic nitrogens is 1. The highest BCUT2D eigenvalue weighted by atomic mass is 19.1. The lowest BCUT2D eigenvalue weighted by molar-refractivity contribution is -0.123. The molecule has 1 aromatic heterocycles. The first-order valence-corrected chi connectivity index (χ1v) is 17.5. The van der Waals surface area contributed by atoms with Crippen LogP contribution < -0.4 is 19.7 Å². The van der Waals surface area contributed by atoms with Crippen LogP contribution in [0.15, 0.2) is 48.7 Å². The fourth-order valence-electron chi connectivity index (χ4n) is 7.12. The van der Waals surface area contributed by atoms with Crippen molar-refractivity contribution in [3.8, 4) is 23.4 Å². The second kappa shape index (κ2) is 16.0. The third-order valence-corrected chi connectivity index (χ3v) is 9.86. The second-order valence-corrected chi connectivity index (χ2v) is 13.6. The van der Waals surface area contributed by atoms with E-state index in [1.165, 1.54) is 36.3 Å². The molecule has 4 bridgehead atoms. The number of hydrogen-bond donors (Lipinski definition) is 1. The highest BCUT2D eigenvalue weighted by Crippen LogP contribution is 2.32. The van der Waals surface area contributed by atoms with E-state index >= 15 is 4.39 Å². The first kappa shape index (κ1) is 36.5. The first-order chi connectivity index (χ1) is 25.1. The Bertz CT molecular complexity index is 1860. The maximum atomic E-state index is 15.0. The van der Waals surface area contributed by atoms with Gasteiger partial charge in [0.1, 0.15) is 28.9 Å². The predicted molar refractivity (Wildman–Crippen MR) is 190 cm³/mol. The quantitative estimate of drug-likeness (QED) is 0.401. The van der Waals surface area contributed by atoms with E-state index in [0.29, 0.717) is 24.2 Å². The summed E-state index contributed by atoms with van der Waals surface area (Å²) in [6.07, 6.45) is 3.21. The van der Waals surface area contributed by atoms with Crippen molar-refractivity contribution in [1.82, 2.24) is 25.0 Å². The Labute approximate surface area is 302 Å². The summed E-state index contributed by atoms with van der Waals surface area (Å²) in [7, 11) is 5.26. The SMILES string of the molecule is CCCN1CC(=O)N[C@@H]2CN(c3ccnc(OC)c3C#N)C[C@H]2OCc2cc(F)cc(c2)Oc2cc(cc(C(=O)N(C)C3CCN(C)CC3)c2)C1=O. The minimum atomic E-state index is -0.562. The van der Waals surface area contributed by atoms with Crippen LogP contribution in [-0.2, 0) is 16.1 Å². The van der Waals surface area contributed by atoms with Gasteiger partial charge in [0.05, 0.1) is 38.1 Å². The first-order valence-electron chi connectivity index (χ1n) is 17.5. The number of fused-ring (bicyclic) bond motifs is 5. The van der Waals surface area contributed by atoms with Gasteiger partial charge >= 0.3 is 0 Å². The maximum Gasteiger partial charge on any atom is 0.254 e. The van der Waals surface area contributed by atoms with Gasteiger partial charge in [-0.3, -0.25) is 14.4 Å². The van der Waals surface area contributed by atoms with E-state index in [2.05, 4.69) is 28.3 Å². The average molecular weight is 714 g/mol. The molecule has 13 nitrogen and oxygen atoms in total. The molecule has 0 spiro atoms. The van der Waals surface area contributed by atoms with Crippen LogP contribution >= 0.6 is 0 Å². The van der Waals surface area contributed by atoms with Crippen molar-refractivity contribution in [2.75, 3.05) is 65.4 Å². The van der Waals surface area contributed by atoms with Crippen molar-refractivity contribution in [2.24, 2.45) is 0 Å². The van der Waals surface area contributed by atoms with Gasteiger partial charge in [0.2, 0.25) is 11.8 Å². The van der Waals surface area contributed by atoms with Crippen molar-refractivity contribution in [3.05, 3.63) is 76.7 Å². The standard InChI is InChI=1S/C38H44FN7O6/c1-5-10-45-22-35(47)42-32-20-46(33-6-9-41-36(50-4)31(33)19-40)21-34(32)51-23-24-13-27(39)18-29(14-24)52-30-16-25(15-26(17-30)38(45)49)37(48)44(3)28-7-11-43(2)12-8-28/h6,9,13-18,28,32,34H,5,7-8,10-12,20-23H2,1-4H3,(H,42,47)/t32-,34-/m1/s1. The molecule has 1 N–H and O–H groups in total. The number of amides is 3. The summed E-state index contributed by atoms with van der Waals surface area (Å²) in [6.45, 7) is 4.27. The zero-order chi connectivity index (χ0) is 36.9. The number of halogens is 1. The summed E-state index contributed by atoms with van der Waals surface area (Å²) in [4.78, 5) is 53.2. The number of pyridine rings is 1. The van der Waals surface area contributed by atoms with Gasteiger partial charge in [0.25, 0.3) is 11.8 Å². The van der Waals surface area contributed by atoms with Crippen LogP contribution in [0.25, 0.3) is 0 Å². The third-order valence-electron chi connectivity index (χ3n) is 9.86. The maximum absolute atomic E-state index is 15.0. The summed E-state index contributed by atoms with van der Waals surface area (Å²) >= 11 is 0. The van der Waals surface area contributed by atoms with Gasteiger partial charge in [0, 0.05) is 56.1 Å². The number of nitrogens with zero attached hydrogens (tertiary/aromatic N) is 6. The molecule has 52 heavy (non-hydrogen) atoms. The molecule has 0 radical (unpaired) electrons. The number of piperidine rings is 1. The van der Waals surface area contributed by atoms with Crippen LogP contribution in [0, 0.1) is 17.1 Å². The van der Waals surface area contributed by atoms with Crippen molar-refractivity contribution >= 4 is 23.4 Å². The summed E-state index contributed by atoms with van der Waals surface area (Å²) in [5, 5.41) is 13.0. The van der Waals surface area contributed by atoms with E-state index in [-0.39, 0.29) is 72.3 Å². The summed E-state index contributed by atoms with van der Waals surface area (Å²) in [5.74, 6) is -1.14. The highest BCUT2D eigenvalue weighted by Gasteiger charge is 2.37. The molecule has 3 aliphatic rings. The molecule has 2 saturated heterocycles. The number of hydrogen-bond acceptors (Lipinski definition) is 10. The number of methoxy groups -OCH3 is 1. The van der Waals surface area contributed by atoms with Gasteiger partial charge in [0.15, 0.2) is 0 Å². The molecule has 6 rings (SSSR count). The van der Waals surface area contributed by atoms with E-state index in [4.69, 9.17) is 14.2 Å².